The van der Waals surface area contributed by atoms with E-state index in [0.29, 0.717) is 28.5 Å². The molecule has 0 radical (unpaired) electrons. The molecule has 0 unspecified atom stereocenters. The quantitative estimate of drug-likeness (QED) is 0.737. The summed E-state index contributed by atoms with van der Waals surface area (Å²) in [6, 6.07) is 8.55. The average Bonchev–Trinajstić information content (AvgIpc) is 2.46. The molecule has 0 aliphatic carbocycles. The van der Waals surface area contributed by atoms with Crippen LogP contribution in [0.2, 0.25) is 0 Å². The van der Waals surface area contributed by atoms with Gasteiger partial charge in [0.05, 0.1) is 11.6 Å². The van der Waals surface area contributed by atoms with Crippen LogP contribution >= 0.6 is 0 Å². The molecule has 1 aromatic carbocycles. The molecule has 18 heavy (non-hydrogen) atoms. The number of nitrogens with zero attached hydrogens (tertiary/aromatic N) is 4. The lowest BCUT2D eigenvalue weighted by atomic mass is 10.0. The summed E-state index contributed by atoms with van der Waals surface area (Å²) in [5, 5.41) is 17.4. The molecule has 5 heteroatoms. The molecule has 0 fully saturated rings. The number of carbonyl (C=O) groups excluding carboxylic acids is 1. The molecular weight excluding hydrogens is 228 g/mol. The zero-order valence-corrected chi connectivity index (χ0v) is 9.16. The summed E-state index contributed by atoms with van der Waals surface area (Å²) in [7, 11) is 0. The van der Waals surface area contributed by atoms with Crippen molar-refractivity contribution >= 4 is 6.29 Å². The third-order valence-corrected chi connectivity index (χ3v) is 2.37. The van der Waals surface area contributed by atoms with Crippen molar-refractivity contribution in [3.8, 4) is 23.3 Å². The van der Waals surface area contributed by atoms with Gasteiger partial charge in [0, 0.05) is 23.5 Å². The van der Waals surface area contributed by atoms with E-state index in [4.69, 9.17) is 10.5 Å². The van der Waals surface area contributed by atoms with E-state index in [1.807, 2.05) is 12.1 Å². The van der Waals surface area contributed by atoms with Crippen molar-refractivity contribution in [2.45, 2.75) is 0 Å². The van der Waals surface area contributed by atoms with Crippen LogP contribution in [0.3, 0.4) is 0 Å². The smallest absolute Gasteiger partial charge is 0.232 e. The first-order chi connectivity index (χ1) is 8.78. The Morgan fingerprint density at radius 3 is 2.39 bits per heavy atom. The molecular formula is C13H6N4O. The minimum absolute atomic E-state index is 0.0695. The largest absolute Gasteiger partial charge is 0.298 e. The van der Waals surface area contributed by atoms with Crippen molar-refractivity contribution in [2.75, 3.05) is 0 Å². The molecule has 0 N–H and O–H groups in total. The molecule has 0 saturated carbocycles. The Morgan fingerprint density at radius 2 is 1.83 bits per heavy atom. The lowest BCUT2D eigenvalue weighted by molar-refractivity contribution is 0.112. The molecule has 5 nitrogen and oxygen atoms in total. The van der Waals surface area contributed by atoms with Crippen LogP contribution in [0.4, 0.5) is 0 Å². The number of carbonyl (C=O) groups is 1. The van der Waals surface area contributed by atoms with Crippen molar-refractivity contribution in [2.24, 2.45) is 0 Å². The maximum Gasteiger partial charge on any atom is 0.232 e. The van der Waals surface area contributed by atoms with E-state index in [2.05, 4.69) is 9.97 Å². The second-order valence-corrected chi connectivity index (χ2v) is 3.44. The zero-order chi connectivity index (χ0) is 13.0. The van der Waals surface area contributed by atoms with Crippen LogP contribution in [-0.4, -0.2) is 16.3 Å². The van der Waals surface area contributed by atoms with E-state index in [0.717, 1.165) is 0 Å². The predicted octanol–water partition coefficient (Wildman–Crippen LogP) is 1.70. The topological polar surface area (TPSA) is 90.4 Å². The molecule has 0 bridgehead atoms. The Kier molecular flexibility index (Phi) is 3.08. The highest BCUT2D eigenvalue weighted by Gasteiger charge is 2.07. The minimum Gasteiger partial charge on any atom is -0.298 e. The average molecular weight is 234 g/mol. The number of nitriles is 2. The molecule has 2 rings (SSSR count). The summed E-state index contributed by atoms with van der Waals surface area (Å²) in [6.45, 7) is 0. The Hall–Kier alpha value is -3.05. The van der Waals surface area contributed by atoms with Crippen molar-refractivity contribution in [1.82, 2.24) is 9.97 Å². The number of hydrogen-bond donors (Lipinski definition) is 0. The first kappa shape index (κ1) is 11.4. The van der Waals surface area contributed by atoms with E-state index in [1.54, 1.807) is 12.1 Å². The zero-order valence-electron chi connectivity index (χ0n) is 9.16. The summed E-state index contributed by atoms with van der Waals surface area (Å²) < 4.78 is 0. The summed E-state index contributed by atoms with van der Waals surface area (Å²) >= 11 is 0. The third-order valence-electron chi connectivity index (χ3n) is 2.37. The number of rotatable bonds is 2. The van der Waals surface area contributed by atoms with E-state index >= 15 is 0 Å². The normalized spacial score (nSPS) is 9.22. The van der Waals surface area contributed by atoms with Gasteiger partial charge in [-0.3, -0.25) is 4.79 Å². The highest BCUT2D eigenvalue weighted by atomic mass is 16.1. The lowest BCUT2D eigenvalue weighted by Gasteiger charge is -2.04. The van der Waals surface area contributed by atoms with Crippen molar-refractivity contribution in [1.29, 1.82) is 10.5 Å². The van der Waals surface area contributed by atoms with Gasteiger partial charge in [-0.15, -0.1) is 0 Å². The van der Waals surface area contributed by atoms with Crippen molar-refractivity contribution in [3.63, 3.8) is 0 Å². The first-order valence-electron chi connectivity index (χ1n) is 5.00. The van der Waals surface area contributed by atoms with Crippen molar-refractivity contribution < 1.29 is 4.79 Å². The van der Waals surface area contributed by atoms with Crippen LogP contribution in [0, 0.1) is 22.7 Å². The van der Waals surface area contributed by atoms with Gasteiger partial charge in [-0.2, -0.15) is 10.5 Å². The molecule has 0 aliphatic heterocycles. The van der Waals surface area contributed by atoms with Gasteiger partial charge in [0.1, 0.15) is 6.07 Å². The highest BCUT2D eigenvalue weighted by Crippen LogP contribution is 2.22. The van der Waals surface area contributed by atoms with Crippen LogP contribution in [0.1, 0.15) is 21.7 Å². The maximum absolute atomic E-state index is 11.0. The Labute approximate surface area is 103 Å². The second kappa shape index (κ2) is 4.86. The maximum atomic E-state index is 11.0. The summed E-state index contributed by atoms with van der Waals surface area (Å²) in [4.78, 5) is 18.7. The van der Waals surface area contributed by atoms with Crippen LogP contribution < -0.4 is 0 Å². The van der Waals surface area contributed by atoms with Crippen LogP contribution in [0.25, 0.3) is 11.1 Å². The van der Waals surface area contributed by atoms with E-state index in [1.165, 1.54) is 18.5 Å². The van der Waals surface area contributed by atoms with Crippen LogP contribution in [-0.2, 0) is 0 Å². The highest BCUT2D eigenvalue weighted by molar-refractivity contribution is 5.87. The van der Waals surface area contributed by atoms with Gasteiger partial charge < -0.3 is 0 Å². The second-order valence-electron chi connectivity index (χ2n) is 3.44. The monoisotopic (exact) mass is 234 g/mol. The molecule has 1 aromatic heterocycles. The SMILES string of the molecule is N#Cc1ccc(-c2cnc(C#N)nc2)c(C=O)c1. The van der Waals surface area contributed by atoms with Crippen LogP contribution in [0.15, 0.2) is 30.6 Å². The number of aromatic nitrogens is 2. The van der Waals surface area contributed by atoms with Gasteiger partial charge in [0.2, 0.25) is 5.82 Å². The fraction of sp³-hybridized carbons (Fsp3) is 0. The molecule has 0 aliphatic rings. The molecule has 1 heterocycles. The Bertz CT molecular complexity index is 678. The van der Waals surface area contributed by atoms with Gasteiger partial charge in [0.25, 0.3) is 0 Å². The van der Waals surface area contributed by atoms with Crippen molar-refractivity contribution in [3.05, 3.63) is 47.5 Å². The van der Waals surface area contributed by atoms with Gasteiger partial charge in [-0.1, -0.05) is 6.07 Å². The minimum atomic E-state index is 0.0695. The van der Waals surface area contributed by atoms with Crippen LogP contribution in [0.5, 0.6) is 0 Å². The third kappa shape index (κ3) is 2.06. The predicted molar refractivity (Wildman–Crippen MR) is 62.3 cm³/mol. The van der Waals surface area contributed by atoms with E-state index < -0.39 is 0 Å². The summed E-state index contributed by atoms with van der Waals surface area (Å²) in [6.07, 6.45) is 3.62. The first-order valence-corrected chi connectivity index (χ1v) is 5.00. The number of benzene rings is 1. The fourth-order valence-electron chi connectivity index (χ4n) is 1.52. The Balaban J connectivity index is 2.53. The number of aldehydes is 1. The van der Waals surface area contributed by atoms with Gasteiger partial charge in [0.15, 0.2) is 6.29 Å². The van der Waals surface area contributed by atoms with Gasteiger partial charge in [-0.05, 0) is 17.7 Å². The van der Waals surface area contributed by atoms with E-state index in [-0.39, 0.29) is 5.82 Å². The molecule has 2 aromatic rings. The van der Waals surface area contributed by atoms with E-state index in [9.17, 15) is 4.79 Å². The lowest BCUT2D eigenvalue weighted by Crippen LogP contribution is -1.93. The Morgan fingerprint density at radius 1 is 1.11 bits per heavy atom. The summed E-state index contributed by atoms with van der Waals surface area (Å²) in [5.41, 5.74) is 2.06. The molecule has 0 spiro atoms. The molecule has 0 atom stereocenters. The standard InChI is InChI=1S/C13H6N4O/c14-4-9-1-2-12(10(3-9)8-18)11-6-16-13(5-15)17-7-11/h1-3,6-8H. The molecule has 0 amide bonds. The van der Waals surface area contributed by atoms with Gasteiger partial charge >= 0.3 is 0 Å². The molecule has 84 valence electrons. The fourth-order valence-corrected chi connectivity index (χ4v) is 1.52. The molecule has 0 saturated heterocycles. The van der Waals surface area contributed by atoms with Gasteiger partial charge in [-0.25, -0.2) is 9.97 Å². The number of hydrogen-bond acceptors (Lipinski definition) is 5. The summed E-state index contributed by atoms with van der Waals surface area (Å²) in [5.74, 6) is 0.0695.